The summed E-state index contributed by atoms with van der Waals surface area (Å²) in [6, 6.07) is 11.5. The number of halogens is 3. The summed E-state index contributed by atoms with van der Waals surface area (Å²) in [6.45, 7) is 0.596. The van der Waals surface area contributed by atoms with Gasteiger partial charge in [0, 0.05) is 11.6 Å². The van der Waals surface area contributed by atoms with Gasteiger partial charge in [0.1, 0.15) is 5.82 Å². The van der Waals surface area contributed by atoms with Crippen LogP contribution in [0.4, 0.5) is 21.8 Å². The minimum Gasteiger partial charge on any atom is -0.353 e. The van der Waals surface area contributed by atoms with Crippen molar-refractivity contribution in [1.82, 2.24) is 15.2 Å². The Balaban J connectivity index is 1.60. The number of nitrogens with one attached hydrogen (secondary N) is 2. The second kappa shape index (κ2) is 8.09. The van der Waals surface area contributed by atoms with E-state index in [1.807, 2.05) is 0 Å². The average molecular weight is 378 g/mol. The maximum absolute atomic E-state index is 12.9. The van der Waals surface area contributed by atoms with Crippen molar-refractivity contribution >= 4 is 40.7 Å². The summed E-state index contributed by atoms with van der Waals surface area (Å²) >= 11 is 12.0. The molecular weight excluding hydrogens is 364 g/mol. The van der Waals surface area contributed by atoms with Crippen LogP contribution in [0.25, 0.3) is 0 Å². The molecule has 3 rings (SSSR count). The molecule has 2 aromatic carbocycles. The van der Waals surface area contributed by atoms with Gasteiger partial charge in [0.25, 0.3) is 0 Å². The molecule has 0 unspecified atom stereocenters. The number of nitrogens with zero attached hydrogens (tertiary/aromatic N) is 3. The van der Waals surface area contributed by atoms with Crippen LogP contribution in [0.1, 0.15) is 5.56 Å². The van der Waals surface area contributed by atoms with Crippen LogP contribution >= 0.6 is 23.2 Å². The fourth-order valence-electron chi connectivity index (χ4n) is 2.14. The molecule has 1 heterocycles. The van der Waals surface area contributed by atoms with E-state index in [9.17, 15) is 4.39 Å². The van der Waals surface area contributed by atoms with E-state index in [4.69, 9.17) is 23.2 Å². The summed E-state index contributed by atoms with van der Waals surface area (Å²) in [4.78, 5) is 4.33. The first-order chi connectivity index (χ1) is 12.1. The van der Waals surface area contributed by atoms with Gasteiger partial charge in [-0.15, -0.1) is 5.10 Å². The van der Waals surface area contributed by atoms with Crippen molar-refractivity contribution in [2.24, 2.45) is 0 Å². The van der Waals surface area contributed by atoms with Gasteiger partial charge >= 0.3 is 0 Å². The number of anilines is 3. The average Bonchev–Trinajstić information content (AvgIpc) is 2.60. The van der Waals surface area contributed by atoms with Crippen LogP contribution in [0.15, 0.2) is 48.7 Å². The third-order valence-corrected chi connectivity index (χ3v) is 3.91. The van der Waals surface area contributed by atoms with E-state index in [2.05, 4.69) is 25.8 Å². The Morgan fingerprint density at radius 1 is 1.04 bits per heavy atom. The molecule has 1 aromatic heterocycles. The molecule has 0 spiro atoms. The van der Waals surface area contributed by atoms with E-state index < -0.39 is 0 Å². The minimum atomic E-state index is -0.246. The molecule has 0 atom stereocenters. The highest BCUT2D eigenvalue weighted by Crippen LogP contribution is 2.27. The summed E-state index contributed by atoms with van der Waals surface area (Å²) in [7, 11) is 0. The van der Waals surface area contributed by atoms with Gasteiger partial charge < -0.3 is 10.6 Å². The van der Waals surface area contributed by atoms with Crippen molar-refractivity contribution in [3.63, 3.8) is 0 Å². The second-order valence-electron chi connectivity index (χ2n) is 5.22. The third-order valence-electron chi connectivity index (χ3n) is 3.36. The zero-order chi connectivity index (χ0) is 17.6. The monoisotopic (exact) mass is 377 g/mol. The Labute approximate surface area is 154 Å². The molecule has 0 fully saturated rings. The second-order valence-corrected chi connectivity index (χ2v) is 6.06. The molecule has 0 radical (unpaired) electrons. The normalized spacial score (nSPS) is 10.5. The van der Waals surface area contributed by atoms with Gasteiger partial charge in [0.15, 0.2) is 5.82 Å². The van der Waals surface area contributed by atoms with Crippen LogP contribution in [0, 0.1) is 5.82 Å². The summed E-state index contributed by atoms with van der Waals surface area (Å²) in [5.41, 5.74) is 1.69. The van der Waals surface area contributed by atoms with Crippen LogP contribution in [-0.2, 0) is 6.42 Å². The van der Waals surface area contributed by atoms with E-state index in [0.717, 1.165) is 5.56 Å². The summed E-state index contributed by atoms with van der Waals surface area (Å²) in [5, 5.41) is 15.0. The van der Waals surface area contributed by atoms with Gasteiger partial charge in [0.05, 0.1) is 16.9 Å². The van der Waals surface area contributed by atoms with Crippen LogP contribution in [0.2, 0.25) is 10.0 Å². The molecule has 5 nitrogen and oxygen atoms in total. The lowest BCUT2D eigenvalue weighted by atomic mass is 10.1. The lowest BCUT2D eigenvalue weighted by Crippen LogP contribution is -2.09. The Morgan fingerprint density at radius 3 is 2.60 bits per heavy atom. The quantitative estimate of drug-likeness (QED) is 0.650. The smallest absolute Gasteiger partial charge is 0.244 e. The highest BCUT2D eigenvalue weighted by Gasteiger charge is 2.05. The first-order valence-corrected chi connectivity index (χ1v) is 8.26. The standard InChI is InChI=1S/C17H14Cl2FN5/c18-12-3-6-15(14(19)9-12)23-16-10-22-25-17(24-16)21-8-7-11-1-4-13(20)5-2-11/h1-6,9-10H,7-8H2,(H2,21,23,24,25). The Kier molecular flexibility index (Phi) is 5.63. The highest BCUT2D eigenvalue weighted by molar-refractivity contribution is 6.36. The summed E-state index contributed by atoms with van der Waals surface area (Å²) in [6.07, 6.45) is 2.21. The predicted octanol–water partition coefficient (Wildman–Crippen LogP) is 4.72. The van der Waals surface area contributed by atoms with Crippen LogP contribution in [-0.4, -0.2) is 21.7 Å². The number of benzene rings is 2. The highest BCUT2D eigenvalue weighted by atomic mass is 35.5. The van der Waals surface area contributed by atoms with E-state index >= 15 is 0 Å². The van der Waals surface area contributed by atoms with Crippen molar-refractivity contribution in [1.29, 1.82) is 0 Å². The molecule has 8 heteroatoms. The van der Waals surface area contributed by atoms with Crippen LogP contribution in [0.3, 0.4) is 0 Å². The summed E-state index contributed by atoms with van der Waals surface area (Å²) in [5.74, 6) is 0.643. The molecule has 3 aromatic rings. The van der Waals surface area contributed by atoms with Gasteiger partial charge in [-0.3, -0.25) is 0 Å². The lowest BCUT2D eigenvalue weighted by molar-refractivity contribution is 0.627. The molecule has 2 N–H and O–H groups in total. The van der Waals surface area contributed by atoms with E-state index in [1.165, 1.54) is 18.3 Å². The van der Waals surface area contributed by atoms with Crippen molar-refractivity contribution in [2.45, 2.75) is 6.42 Å². The molecule has 0 aliphatic heterocycles. The first-order valence-electron chi connectivity index (χ1n) is 7.50. The van der Waals surface area contributed by atoms with Crippen molar-refractivity contribution in [3.05, 3.63) is 70.1 Å². The van der Waals surface area contributed by atoms with Crippen molar-refractivity contribution in [2.75, 3.05) is 17.2 Å². The molecule has 0 saturated heterocycles. The molecule has 0 aliphatic carbocycles. The Bertz CT molecular complexity index is 858. The molecule has 128 valence electrons. The Hall–Kier alpha value is -2.44. The topological polar surface area (TPSA) is 62.7 Å². The molecule has 25 heavy (non-hydrogen) atoms. The van der Waals surface area contributed by atoms with E-state index in [0.29, 0.717) is 40.5 Å². The van der Waals surface area contributed by atoms with Gasteiger partial charge in [-0.2, -0.15) is 10.1 Å². The van der Waals surface area contributed by atoms with Gasteiger partial charge in [0.2, 0.25) is 5.95 Å². The van der Waals surface area contributed by atoms with Gasteiger partial charge in [-0.1, -0.05) is 35.3 Å². The lowest BCUT2D eigenvalue weighted by Gasteiger charge is -2.09. The number of hydrogen-bond donors (Lipinski definition) is 2. The SMILES string of the molecule is Fc1ccc(CCNc2nncc(Nc3ccc(Cl)cc3Cl)n2)cc1. The number of rotatable bonds is 6. The maximum Gasteiger partial charge on any atom is 0.244 e. The van der Waals surface area contributed by atoms with E-state index in [-0.39, 0.29) is 5.82 Å². The van der Waals surface area contributed by atoms with E-state index in [1.54, 1.807) is 30.3 Å². The zero-order valence-electron chi connectivity index (χ0n) is 13.0. The van der Waals surface area contributed by atoms with Crippen molar-refractivity contribution in [3.8, 4) is 0 Å². The third kappa shape index (κ3) is 5.01. The molecule has 0 saturated carbocycles. The first kappa shape index (κ1) is 17.4. The predicted molar refractivity (Wildman–Crippen MR) is 98.2 cm³/mol. The zero-order valence-corrected chi connectivity index (χ0v) is 14.5. The number of hydrogen-bond acceptors (Lipinski definition) is 5. The van der Waals surface area contributed by atoms with Gasteiger partial charge in [-0.05, 0) is 42.3 Å². The Morgan fingerprint density at radius 2 is 1.84 bits per heavy atom. The fraction of sp³-hybridized carbons (Fsp3) is 0.118. The van der Waals surface area contributed by atoms with Gasteiger partial charge in [-0.25, -0.2) is 4.39 Å². The maximum atomic E-state index is 12.9. The fourth-order valence-corrected chi connectivity index (χ4v) is 2.59. The van der Waals surface area contributed by atoms with Crippen LogP contribution < -0.4 is 10.6 Å². The molecule has 0 amide bonds. The minimum absolute atomic E-state index is 0.246. The summed E-state index contributed by atoms with van der Waals surface area (Å²) < 4.78 is 12.9. The van der Waals surface area contributed by atoms with Crippen LogP contribution in [0.5, 0.6) is 0 Å². The largest absolute Gasteiger partial charge is 0.353 e. The molecule has 0 aliphatic rings. The molecule has 0 bridgehead atoms. The number of aromatic nitrogens is 3. The van der Waals surface area contributed by atoms with Crippen molar-refractivity contribution < 1.29 is 4.39 Å². The molecular formula is C17H14Cl2FN5.